The van der Waals surface area contributed by atoms with Gasteiger partial charge in [0.05, 0.1) is 0 Å². The summed E-state index contributed by atoms with van der Waals surface area (Å²) in [5, 5.41) is 0. The molecule has 1 fully saturated rings. The van der Waals surface area contributed by atoms with E-state index in [1.807, 2.05) is 0 Å². The summed E-state index contributed by atoms with van der Waals surface area (Å²) in [5.41, 5.74) is 0.266. The van der Waals surface area contributed by atoms with Crippen LogP contribution < -0.4 is 0 Å². The summed E-state index contributed by atoms with van der Waals surface area (Å²) in [5.74, 6) is 1.07. The quantitative estimate of drug-likeness (QED) is 0.490. The summed E-state index contributed by atoms with van der Waals surface area (Å²) in [7, 11) is 0. The van der Waals surface area contributed by atoms with Crippen molar-refractivity contribution < 1.29 is 4.79 Å². The predicted molar refractivity (Wildman–Crippen MR) is 46.4 cm³/mol. The standard InChI is InChI=1S/C10H18O/c1-8-4-5-10(2,3)7-9(11)6-8/h8H,4-7H2,1-3H3. The second-order valence-corrected chi connectivity index (χ2v) is 4.73. The molecule has 0 N–H and O–H groups in total. The van der Waals surface area contributed by atoms with E-state index in [0.29, 0.717) is 11.7 Å². The fraction of sp³-hybridized carbons (Fsp3) is 0.900. The van der Waals surface area contributed by atoms with Gasteiger partial charge in [-0.1, -0.05) is 20.8 Å². The molecule has 0 aromatic heterocycles. The number of ketones is 1. The SMILES string of the molecule is CC1CCC(C)(C)CC(=O)C1. The van der Waals surface area contributed by atoms with Gasteiger partial charge in [-0.15, -0.1) is 0 Å². The Morgan fingerprint density at radius 3 is 2.73 bits per heavy atom. The van der Waals surface area contributed by atoms with Gasteiger partial charge < -0.3 is 0 Å². The van der Waals surface area contributed by atoms with Crippen molar-refractivity contribution in [2.24, 2.45) is 11.3 Å². The molecular formula is C10H18O. The average molecular weight is 154 g/mol. The lowest BCUT2D eigenvalue weighted by molar-refractivity contribution is -0.120. The minimum absolute atomic E-state index is 0.266. The molecule has 1 unspecified atom stereocenters. The molecule has 0 radical (unpaired) electrons. The third kappa shape index (κ3) is 2.64. The molecule has 0 bridgehead atoms. The van der Waals surface area contributed by atoms with Crippen LogP contribution in [0.4, 0.5) is 0 Å². The van der Waals surface area contributed by atoms with Crippen LogP contribution >= 0.6 is 0 Å². The van der Waals surface area contributed by atoms with Crippen molar-refractivity contribution in [3.8, 4) is 0 Å². The highest BCUT2D eigenvalue weighted by Crippen LogP contribution is 2.34. The highest BCUT2D eigenvalue weighted by molar-refractivity contribution is 5.79. The van der Waals surface area contributed by atoms with Crippen molar-refractivity contribution in [2.45, 2.75) is 46.5 Å². The Bertz CT molecular complexity index is 158. The molecule has 1 atom stereocenters. The minimum atomic E-state index is 0.266. The highest BCUT2D eigenvalue weighted by atomic mass is 16.1. The Morgan fingerprint density at radius 2 is 2.09 bits per heavy atom. The minimum Gasteiger partial charge on any atom is -0.300 e. The Balaban J connectivity index is 2.60. The van der Waals surface area contributed by atoms with Crippen LogP contribution in [0, 0.1) is 11.3 Å². The van der Waals surface area contributed by atoms with Gasteiger partial charge in [0.2, 0.25) is 0 Å². The van der Waals surface area contributed by atoms with Gasteiger partial charge in [0, 0.05) is 12.8 Å². The van der Waals surface area contributed by atoms with Gasteiger partial charge in [-0.2, -0.15) is 0 Å². The van der Waals surface area contributed by atoms with E-state index in [2.05, 4.69) is 20.8 Å². The smallest absolute Gasteiger partial charge is 0.133 e. The Morgan fingerprint density at radius 1 is 1.45 bits per heavy atom. The Labute approximate surface area is 69.2 Å². The molecule has 0 saturated heterocycles. The van der Waals surface area contributed by atoms with Gasteiger partial charge in [0.1, 0.15) is 5.78 Å². The maximum absolute atomic E-state index is 11.3. The fourth-order valence-corrected chi connectivity index (χ4v) is 1.82. The molecule has 1 rings (SSSR count). The van der Waals surface area contributed by atoms with Crippen molar-refractivity contribution in [3.63, 3.8) is 0 Å². The molecule has 1 heteroatoms. The van der Waals surface area contributed by atoms with Crippen LogP contribution in [-0.2, 0) is 4.79 Å². The van der Waals surface area contributed by atoms with E-state index in [0.717, 1.165) is 12.8 Å². The van der Waals surface area contributed by atoms with Crippen molar-refractivity contribution in [2.75, 3.05) is 0 Å². The summed E-state index contributed by atoms with van der Waals surface area (Å²) >= 11 is 0. The third-order valence-corrected chi connectivity index (χ3v) is 2.57. The molecule has 0 spiro atoms. The highest BCUT2D eigenvalue weighted by Gasteiger charge is 2.26. The first-order valence-electron chi connectivity index (χ1n) is 4.51. The topological polar surface area (TPSA) is 17.1 Å². The molecule has 0 amide bonds. The van der Waals surface area contributed by atoms with E-state index in [4.69, 9.17) is 0 Å². The van der Waals surface area contributed by atoms with E-state index < -0.39 is 0 Å². The predicted octanol–water partition coefficient (Wildman–Crippen LogP) is 2.79. The first kappa shape index (κ1) is 8.76. The fourth-order valence-electron chi connectivity index (χ4n) is 1.82. The van der Waals surface area contributed by atoms with Gasteiger partial charge in [-0.3, -0.25) is 4.79 Å². The van der Waals surface area contributed by atoms with Gasteiger partial charge in [-0.05, 0) is 24.2 Å². The van der Waals surface area contributed by atoms with E-state index in [-0.39, 0.29) is 5.41 Å². The number of carbonyl (C=O) groups excluding carboxylic acids is 1. The molecule has 11 heavy (non-hydrogen) atoms. The Hall–Kier alpha value is -0.330. The van der Waals surface area contributed by atoms with E-state index in [1.54, 1.807) is 0 Å². The lowest BCUT2D eigenvalue weighted by Gasteiger charge is -2.20. The van der Waals surface area contributed by atoms with Gasteiger partial charge in [0.15, 0.2) is 0 Å². The molecule has 64 valence electrons. The number of hydrogen-bond donors (Lipinski definition) is 0. The molecule has 0 aromatic carbocycles. The van der Waals surface area contributed by atoms with Crippen LogP contribution in [-0.4, -0.2) is 5.78 Å². The summed E-state index contributed by atoms with van der Waals surface area (Å²) in [4.78, 5) is 11.3. The molecule has 1 aliphatic carbocycles. The lowest BCUT2D eigenvalue weighted by atomic mass is 9.84. The van der Waals surface area contributed by atoms with Gasteiger partial charge in [0.25, 0.3) is 0 Å². The molecule has 1 saturated carbocycles. The summed E-state index contributed by atoms with van der Waals surface area (Å²) in [6.07, 6.45) is 4.03. The normalized spacial score (nSPS) is 31.5. The van der Waals surface area contributed by atoms with Gasteiger partial charge in [-0.25, -0.2) is 0 Å². The second-order valence-electron chi connectivity index (χ2n) is 4.73. The zero-order chi connectivity index (χ0) is 8.48. The number of rotatable bonds is 0. The monoisotopic (exact) mass is 154 g/mol. The molecule has 0 aliphatic heterocycles. The van der Waals surface area contributed by atoms with Crippen LogP contribution in [0.2, 0.25) is 0 Å². The second kappa shape index (κ2) is 2.96. The zero-order valence-electron chi connectivity index (χ0n) is 7.81. The summed E-state index contributed by atoms with van der Waals surface area (Å²) in [6.45, 7) is 6.57. The molecule has 1 nitrogen and oxygen atoms in total. The van der Waals surface area contributed by atoms with E-state index >= 15 is 0 Å². The first-order valence-corrected chi connectivity index (χ1v) is 4.51. The summed E-state index contributed by atoms with van der Waals surface area (Å²) in [6, 6.07) is 0. The van der Waals surface area contributed by atoms with Crippen molar-refractivity contribution in [3.05, 3.63) is 0 Å². The third-order valence-electron chi connectivity index (χ3n) is 2.57. The van der Waals surface area contributed by atoms with Gasteiger partial charge >= 0.3 is 0 Å². The van der Waals surface area contributed by atoms with Crippen LogP contribution in [0.15, 0.2) is 0 Å². The van der Waals surface area contributed by atoms with Crippen LogP contribution in [0.5, 0.6) is 0 Å². The van der Waals surface area contributed by atoms with Crippen LogP contribution in [0.25, 0.3) is 0 Å². The number of carbonyl (C=O) groups is 1. The molecule has 0 aromatic rings. The summed E-state index contributed by atoms with van der Waals surface area (Å²) < 4.78 is 0. The Kier molecular flexibility index (Phi) is 2.36. The van der Waals surface area contributed by atoms with Crippen molar-refractivity contribution in [1.29, 1.82) is 0 Å². The van der Waals surface area contributed by atoms with Crippen LogP contribution in [0.3, 0.4) is 0 Å². The maximum atomic E-state index is 11.3. The van der Waals surface area contributed by atoms with Crippen molar-refractivity contribution in [1.82, 2.24) is 0 Å². The number of Topliss-reactive ketones (excluding diaryl/α,β-unsaturated/α-hetero) is 1. The maximum Gasteiger partial charge on any atom is 0.133 e. The average Bonchev–Trinajstić information content (AvgIpc) is 1.90. The van der Waals surface area contributed by atoms with Crippen molar-refractivity contribution >= 4 is 5.78 Å². The zero-order valence-corrected chi connectivity index (χ0v) is 7.81. The van der Waals surface area contributed by atoms with Crippen LogP contribution in [0.1, 0.15) is 46.5 Å². The molecule has 1 aliphatic rings. The van der Waals surface area contributed by atoms with E-state index in [1.165, 1.54) is 12.8 Å². The largest absolute Gasteiger partial charge is 0.300 e. The van der Waals surface area contributed by atoms with E-state index in [9.17, 15) is 4.79 Å². The lowest BCUT2D eigenvalue weighted by Crippen LogP contribution is -2.13. The molecule has 0 heterocycles. The molecular weight excluding hydrogens is 136 g/mol. The first-order chi connectivity index (χ1) is 4.99. The number of hydrogen-bond acceptors (Lipinski definition) is 1.